The lowest BCUT2D eigenvalue weighted by molar-refractivity contribution is 0.296. The maximum atomic E-state index is 8.70. The first-order chi connectivity index (χ1) is 7.19. The van der Waals surface area contributed by atoms with E-state index in [0.29, 0.717) is 5.15 Å². The molecule has 1 aromatic heterocycles. The molecule has 5 heteroatoms. The fraction of sp³-hybridized carbons (Fsp3) is 0.600. The maximum absolute atomic E-state index is 8.70. The van der Waals surface area contributed by atoms with Gasteiger partial charge in [0.05, 0.1) is 0 Å². The van der Waals surface area contributed by atoms with Crippen molar-refractivity contribution in [1.29, 1.82) is 0 Å². The fourth-order valence-electron chi connectivity index (χ4n) is 1.04. The molecule has 0 saturated heterocycles. The molecule has 1 N–H and O–H groups in total. The van der Waals surface area contributed by atoms with Gasteiger partial charge < -0.3 is 5.11 Å². The Morgan fingerprint density at radius 2 is 2.13 bits per heavy atom. The summed E-state index contributed by atoms with van der Waals surface area (Å²) in [5, 5.41) is 10.2. The van der Waals surface area contributed by atoms with E-state index in [1.807, 2.05) is 13.8 Å². The van der Waals surface area contributed by atoms with Gasteiger partial charge in [-0.2, -0.15) is 0 Å². The van der Waals surface area contributed by atoms with Crippen LogP contribution in [0.2, 0.25) is 5.15 Å². The maximum Gasteiger partial charge on any atom is 0.136 e. The summed E-state index contributed by atoms with van der Waals surface area (Å²) in [6.07, 6.45) is 1.56. The third-order valence-corrected chi connectivity index (χ3v) is 3.48. The van der Waals surface area contributed by atoms with Crippen LogP contribution in [0.3, 0.4) is 0 Å². The third kappa shape index (κ3) is 3.63. The Morgan fingerprint density at radius 1 is 1.40 bits per heavy atom. The molecular weight excluding hydrogens is 232 g/mol. The zero-order chi connectivity index (χ0) is 11.3. The van der Waals surface area contributed by atoms with Gasteiger partial charge in [-0.15, -0.1) is 11.8 Å². The molecule has 0 saturated carbocycles. The molecule has 84 valence electrons. The first-order valence-corrected chi connectivity index (χ1v) is 6.32. The minimum Gasteiger partial charge on any atom is -0.396 e. The summed E-state index contributed by atoms with van der Waals surface area (Å²) in [6, 6.07) is 0. The Morgan fingerprint density at radius 3 is 2.73 bits per heavy atom. The van der Waals surface area contributed by atoms with E-state index in [2.05, 4.69) is 9.97 Å². The average Bonchev–Trinajstić information content (AvgIpc) is 2.24. The number of halogens is 1. The molecule has 0 radical (unpaired) electrons. The summed E-state index contributed by atoms with van der Waals surface area (Å²) in [5.41, 5.74) is 0.928. The molecule has 0 bridgehead atoms. The van der Waals surface area contributed by atoms with Crippen LogP contribution in [0.1, 0.15) is 24.7 Å². The number of nitrogens with zero attached hydrogens (tertiary/aromatic N) is 2. The minimum atomic E-state index is 0.214. The fourth-order valence-corrected chi connectivity index (χ4v) is 2.24. The van der Waals surface area contributed by atoms with Gasteiger partial charge in [-0.1, -0.05) is 18.5 Å². The van der Waals surface area contributed by atoms with Crippen LogP contribution in [0, 0.1) is 6.92 Å². The second-order valence-electron chi connectivity index (χ2n) is 3.14. The van der Waals surface area contributed by atoms with Crippen LogP contribution in [-0.4, -0.2) is 27.4 Å². The zero-order valence-electron chi connectivity index (χ0n) is 8.96. The minimum absolute atomic E-state index is 0.214. The molecule has 0 amide bonds. The summed E-state index contributed by atoms with van der Waals surface area (Å²) in [7, 11) is 0. The molecular formula is C10H15ClN2OS. The van der Waals surface area contributed by atoms with Gasteiger partial charge in [0.25, 0.3) is 0 Å². The Kier molecular flexibility index (Phi) is 5.36. The predicted octanol–water partition coefficient (Wildman–Crippen LogP) is 2.48. The molecule has 0 aromatic carbocycles. The zero-order valence-corrected chi connectivity index (χ0v) is 10.5. The van der Waals surface area contributed by atoms with E-state index in [4.69, 9.17) is 16.7 Å². The quantitative estimate of drug-likeness (QED) is 0.493. The van der Waals surface area contributed by atoms with E-state index in [1.54, 1.807) is 11.8 Å². The molecule has 0 spiro atoms. The Bertz CT molecular complexity index is 333. The highest BCUT2D eigenvalue weighted by molar-refractivity contribution is 7.99. The summed E-state index contributed by atoms with van der Waals surface area (Å²) >= 11 is 7.62. The average molecular weight is 247 g/mol. The first kappa shape index (κ1) is 12.7. The van der Waals surface area contributed by atoms with E-state index in [-0.39, 0.29) is 6.61 Å². The van der Waals surface area contributed by atoms with Crippen molar-refractivity contribution in [1.82, 2.24) is 9.97 Å². The summed E-state index contributed by atoms with van der Waals surface area (Å²) in [6.45, 7) is 4.14. The second-order valence-corrected chi connectivity index (χ2v) is 4.58. The van der Waals surface area contributed by atoms with Crippen LogP contribution < -0.4 is 0 Å². The number of aryl methyl sites for hydroxylation is 1. The summed E-state index contributed by atoms with van der Waals surface area (Å²) in [4.78, 5) is 8.58. The van der Waals surface area contributed by atoms with E-state index in [1.165, 1.54) is 0 Å². The standard InChI is InChI=1S/C10H15ClN2OS/c1-3-8-12-9(11)7(2)10(13-8)15-6-4-5-14/h14H,3-6H2,1-2H3. The molecule has 3 nitrogen and oxygen atoms in total. The summed E-state index contributed by atoms with van der Waals surface area (Å²) < 4.78 is 0. The predicted molar refractivity (Wildman–Crippen MR) is 63.6 cm³/mol. The lowest BCUT2D eigenvalue weighted by atomic mass is 10.3. The van der Waals surface area contributed by atoms with Crippen molar-refractivity contribution in [3.05, 3.63) is 16.5 Å². The highest BCUT2D eigenvalue weighted by Crippen LogP contribution is 2.25. The van der Waals surface area contributed by atoms with Crippen LogP contribution in [-0.2, 0) is 6.42 Å². The molecule has 0 aliphatic rings. The second kappa shape index (κ2) is 6.30. The largest absolute Gasteiger partial charge is 0.396 e. The topological polar surface area (TPSA) is 46.0 Å². The van der Waals surface area contributed by atoms with Crippen LogP contribution in [0.15, 0.2) is 5.03 Å². The van der Waals surface area contributed by atoms with Gasteiger partial charge in [-0.05, 0) is 13.3 Å². The monoisotopic (exact) mass is 246 g/mol. The number of thioether (sulfide) groups is 1. The molecule has 0 atom stereocenters. The molecule has 1 aromatic rings. The van der Waals surface area contributed by atoms with Crippen molar-refractivity contribution in [3.63, 3.8) is 0 Å². The van der Waals surface area contributed by atoms with Gasteiger partial charge in [0.15, 0.2) is 0 Å². The summed E-state index contributed by atoms with van der Waals surface area (Å²) in [5.74, 6) is 1.63. The van der Waals surface area contributed by atoms with Crippen molar-refractivity contribution >= 4 is 23.4 Å². The van der Waals surface area contributed by atoms with Crippen molar-refractivity contribution in [2.45, 2.75) is 31.7 Å². The Balaban J connectivity index is 2.80. The van der Waals surface area contributed by atoms with Crippen LogP contribution in [0.5, 0.6) is 0 Å². The van der Waals surface area contributed by atoms with Gasteiger partial charge in [-0.3, -0.25) is 0 Å². The molecule has 1 heterocycles. The molecule has 15 heavy (non-hydrogen) atoms. The van der Waals surface area contributed by atoms with E-state index >= 15 is 0 Å². The molecule has 1 rings (SSSR count). The van der Waals surface area contributed by atoms with Gasteiger partial charge in [0, 0.05) is 24.3 Å². The number of aromatic nitrogens is 2. The van der Waals surface area contributed by atoms with E-state index < -0.39 is 0 Å². The molecule has 0 unspecified atom stereocenters. The van der Waals surface area contributed by atoms with Gasteiger partial charge in [0.2, 0.25) is 0 Å². The van der Waals surface area contributed by atoms with E-state index in [0.717, 1.165) is 35.0 Å². The first-order valence-electron chi connectivity index (χ1n) is 4.95. The van der Waals surface area contributed by atoms with Crippen LogP contribution in [0.25, 0.3) is 0 Å². The SMILES string of the molecule is CCc1nc(Cl)c(C)c(SCCCO)n1. The third-order valence-electron chi connectivity index (χ3n) is 1.95. The molecule has 0 fully saturated rings. The molecule has 0 aliphatic heterocycles. The Hall–Kier alpha value is -0.320. The number of aliphatic hydroxyl groups is 1. The van der Waals surface area contributed by atoms with Crippen LogP contribution >= 0.6 is 23.4 Å². The number of aliphatic hydroxyl groups excluding tert-OH is 1. The van der Waals surface area contributed by atoms with E-state index in [9.17, 15) is 0 Å². The number of rotatable bonds is 5. The number of hydrogen-bond acceptors (Lipinski definition) is 4. The lowest BCUT2D eigenvalue weighted by Gasteiger charge is -2.07. The van der Waals surface area contributed by atoms with Gasteiger partial charge in [0.1, 0.15) is 16.0 Å². The normalized spacial score (nSPS) is 10.7. The lowest BCUT2D eigenvalue weighted by Crippen LogP contribution is -1.99. The molecule has 0 aliphatic carbocycles. The highest BCUT2D eigenvalue weighted by atomic mass is 35.5. The van der Waals surface area contributed by atoms with Crippen LogP contribution in [0.4, 0.5) is 0 Å². The van der Waals surface area contributed by atoms with Crippen molar-refractivity contribution in [2.24, 2.45) is 0 Å². The van der Waals surface area contributed by atoms with Gasteiger partial charge >= 0.3 is 0 Å². The van der Waals surface area contributed by atoms with Crippen molar-refractivity contribution < 1.29 is 5.11 Å². The van der Waals surface area contributed by atoms with Crippen molar-refractivity contribution in [2.75, 3.05) is 12.4 Å². The smallest absolute Gasteiger partial charge is 0.136 e. The Labute approximate surface area is 99.3 Å². The number of hydrogen-bond donors (Lipinski definition) is 1. The van der Waals surface area contributed by atoms with Gasteiger partial charge in [-0.25, -0.2) is 9.97 Å². The highest BCUT2D eigenvalue weighted by Gasteiger charge is 2.08. The van der Waals surface area contributed by atoms with Crippen molar-refractivity contribution in [3.8, 4) is 0 Å².